The maximum Gasteiger partial charge on any atom is 0.0704 e. The zero-order valence-corrected chi connectivity index (χ0v) is 12.5. The van der Waals surface area contributed by atoms with Crippen LogP contribution >= 0.6 is 15.9 Å². The van der Waals surface area contributed by atoms with E-state index in [2.05, 4.69) is 65.3 Å². The van der Waals surface area contributed by atoms with Crippen LogP contribution in [0.1, 0.15) is 31.0 Å². The number of rotatable bonds is 4. The largest absolute Gasteiger partial charge is 0.310 e. The van der Waals surface area contributed by atoms with Crippen molar-refractivity contribution in [1.29, 1.82) is 0 Å². The summed E-state index contributed by atoms with van der Waals surface area (Å²) in [7, 11) is 0. The Bertz CT molecular complexity index is 534. The fraction of sp³-hybridized carbons (Fsp3) is 0.357. The SMILES string of the molecule is CCNC(C)c1ccc(Br)cc1-n1cc(C)cn1. The molecule has 0 spiro atoms. The minimum Gasteiger partial charge on any atom is -0.310 e. The van der Waals surface area contributed by atoms with E-state index >= 15 is 0 Å². The molecule has 0 saturated carbocycles. The predicted molar refractivity (Wildman–Crippen MR) is 78.1 cm³/mol. The quantitative estimate of drug-likeness (QED) is 0.935. The van der Waals surface area contributed by atoms with Gasteiger partial charge >= 0.3 is 0 Å². The number of aromatic nitrogens is 2. The number of nitrogens with one attached hydrogen (secondary N) is 1. The van der Waals surface area contributed by atoms with Crippen LogP contribution in [0.5, 0.6) is 0 Å². The molecule has 0 aliphatic rings. The molecular formula is C14H18BrN3. The second-order valence-corrected chi connectivity index (χ2v) is 5.36. The third-order valence-electron chi connectivity index (χ3n) is 2.93. The number of benzene rings is 1. The lowest BCUT2D eigenvalue weighted by molar-refractivity contribution is 0.593. The molecule has 2 rings (SSSR count). The van der Waals surface area contributed by atoms with Crippen molar-refractivity contribution in [1.82, 2.24) is 15.1 Å². The summed E-state index contributed by atoms with van der Waals surface area (Å²) in [6, 6.07) is 6.63. The molecule has 18 heavy (non-hydrogen) atoms. The summed E-state index contributed by atoms with van der Waals surface area (Å²) >= 11 is 3.53. The highest BCUT2D eigenvalue weighted by Crippen LogP contribution is 2.25. The molecular weight excluding hydrogens is 290 g/mol. The maximum atomic E-state index is 4.40. The number of nitrogens with zero attached hydrogens (tertiary/aromatic N) is 2. The summed E-state index contributed by atoms with van der Waals surface area (Å²) in [6.07, 6.45) is 3.92. The topological polar surface area (TPSA) is 29.9 Å². The van der Waals surface area contributed by atoms with Crippen LogP contribution in [0.15, 0.2) is 35.1 Å². The lowest BCUT2D eigenvalue weighted by Crippen LogP contribution is -2.19. The van der Waals surface area contributed by atoms with Gasteiger partial charge in [-0.3, -0.25) is 0 Å². The van der Waals surface area contributed by atoms with Crippen molar-refractivity contribution in [3.05, 3.63) is 46.2 Å². The summed E-state index contributed by atoms with van der Waals surface area (Å²) in [5, 5.41) is 7.84. The third kappa shape index (κ3) is 2.82. The van der Waals surface area contributed by atoms with Crippen LogP contribution < -0.4 is 5.32 Å². The predicted octanol–water partition coefficient (Wildman–Crippen LogP) is 3.61. The highest BCUT2D eigenvalue weighted by Gasteiger charge is 2.12. The highest BCUT2D eigenvalue weighted by atomic mass is 79.9. The first-order valence-corrected chi connectivity index (χ1v) is 6.95. The zero-order chi connectivity index (χ0) is 13.1. The number of aryl methyl sites for hydroxylation is 1. The Morgan fingerprint density at radius 3 is 2.83 bits per heavy atom. The van der Waals surface area contributed by atoms with Crippen molar-refractivity contribution >= 4 is 15.9 Å². The van der Waals surface area contributed by atoms with Crippen molar-refractivity contribution < 1.29 is 0 Å². The van der Waals surface area contributed by atoms with Gasteiger partial charge in [-0.15, -0.1) is 0 Å². The summed E-state index contributed by atoms with van der Waals surface area (Å²) in [5.74, 6) is 0. The van der Waals surface area contributed by atoms with Gasteiger partial charge in [0.15, 0.2) is 0 Å². The normalized spacial score (nSPS) is 12.7. The van der Waals surface area contributed by atoms with Gasteiger partial charge in [-0.1, -0.05) is 28.9 Å². The van der Waals surface area contributed by atoms with E-state index in [4.69, 9.17) is 0 Å². The average Bonchev–Trinajstić information content (AvgIpc) is 2.76. The van der Waals surface area contributed by atoms with Crippen LogP contribution in [-0.2, 0) is 0 Å². The molecule has 1 atom stereocenters. The molecule has 1 aromatic carbocycles. The molecule has 0 radical (unpaired) electrons. The van der Waals surface area contributed by atoms with Crippen LogP contribution in [0.2, 0.25) is 0 Å². The summed E-state index contributed by atoms with van der Waals surface area (Å²) < 4.78 is 3.00. The summed E-state index contributed by atoms with van der Waals surface area (Å²) in [4.78, 5) is 0. The van der Waals surface area contributed by atoms with E-state index in [-0.39, 0.29) is 0 Å². The first kappa shape index (κ1) is 13.3. The van der Waals surface area contributed by atoms with E-state index in [9.17, 15) is 0 Å². The van der Waals surface area contributed by atoms with Gasteiger partial charge in [-0.2, -0.15) is 5.10 Å². The summed E-state index contributed by atoms with van der Waals surface area (Å²) in [5.41, 5.74) is 3.53. The van der Waals surface area contributed by atoms with Gasteiger partial charge in [-0.25, -0.2) is 4.68 Å². The molecule has 0 amide bonds. The molecule has 4 heteroatoms. The van der Waals surface area contributed by atoms with Gasteiger partial charge in [0.05, 0.1) is 11.9 Å². The Hall–Kier alpha value is -1.13. The minimum absolute atomic E-state index is 0.308. The fourth-order valence-corrected chi connectivity index (χ4v) is 2.39. The monoisotopic (exact) mass is 307 g/mol. The van der Waals surface area contributed by atoms with Crippen LogP contribution in [-0.4, -0.2) is 16.3 Å². The molecule has 1 aromatic heterocycles. The van der Waals surface area contributed by atoms with Gasteiger partial charge in [-0.05, 0) is 43.7 Å². The third-order valence-corrected chi connectivity index (χ3v) is 3.42. The Morgan fingerprint density at radius 1 is 1.44 bits per heavy atom. The van der Waals surface area contributed by atoms with E-state index in [1.807, 2.05) is 17.1 Å². The van der Waals surface area contributed by atoms with Gasteiger partial charge in [0.25, 0.3) is 0 Å². The molecule has 0 aliphatic heterocycles. The molecule has 3 nitrogen and oxygen atoms in total. The molecule has 1 N–H and O–H groups in total. The van der Waals surface area contributed by atoms with Crippen molar-refractivity contribution in [2.45, 2.75) is 26.8 Å². The Balaban J connectivity index is 2.47. The fourth-order valence-electron chi connectivity index (χ4n) is 2.04. The van der Waals surface area contributed by atoms with E-state index in [1.165, 1.54) is 5.56 Å². The molecule has 1 heterocycles. The second kappa shape index (κ2) is 5.67. The average molecular weight is 308 g/mol. The van der Waals surface area contributed by atoms with Crippen molar-refractivity contribution in [2.24, 2.45) is 0 Å². The van der Waals surface area contributed by atoms with Crippen LogP contribution in [0.25, 0.3) is 5.69 Å². The molecule has 0 bridgehead atoms. The van der Waals surface area contributed by atoms with Crippen molar-refractivity contribution in [3.63, 3.8) is 0 Å². The number of hydrogen-bond donors (Lipinski definition) is 1. The first-order chi connectivity index (χ1) is 8.61. The second-order valence-electron chi connectivity index (χ2n) is 4.44. The molecule has 0 saturated heterocycles. The number of hydrogen-bond acceptors (Lipinski definition) is 2. The van der Waals surface area contributed by atoms with E-state index in [0.29, 0.717) is 6.04 Å². The van der Waals surface area contributed by atoms with Gasteiger partial charge in [0, 0.05) is 16.7 Å². The molecule has 96 valence electrons. The van der Waals surface area contributed by atoms with Crippen molar-refractivity contribution in [3.8, 4) is 5.69 Å². The van der Waals surface area contributed by atoms with E-state index in [0.717, 1.165) is 22.3 Å². The summed E-state index contributed by atoms with van der Waals surface area (Å²) in [6.45, 7) is 7.30. The van der Waals surface area contributed by atoms with Gasteiger partial charge < -0.3 is 5.32 Å². The van der Waals surface area contributed by atoms with Crippen LogP contribution in [0, 0.1) is 6.92 Å². The molecule has 1 unspecified atom stereocenters. The van der Waals surface area contributed by atoms with Crippen molar-refractivity contribution in [2.75, 3.05) is 6.54 Å². The minimum atomic E-state index is 0.308. The Labute approximate surface area is 116 Å². The van der Waals surface area contributed by atoms with E-state index in [1.54, 1.807) is 0 Å². The van der Waals surface area contributed by atoms with E-state index < -0.39 is 0 Å². The molecule has 0 fully saturated rings. The lowest BCUT2D eigenvalue weighted by atomic mass is 10.1. The molecule has 0 aliphatic carbocycles. The Morgan fingerprint density at radius 2 is 2.22 bits per heavy atom. The van der Waals surface area contributed by atoms with Crippen LogP contribution in [0.4, 0.5) is 0 Å². The smallest absolute Gasteiger partial charge is 0.0704 e. The maximum absolute atomic E-state index is 4.40. The molecule has 2 aromatic rings. The van der Waals surface area contributed by atoms with Crippen LogP contribution in [0.3, 0.4) is 0 Å². The highest BCUT2D eigenvalue weighted by molar-refractivity contribution is 9.10. The van der Waals surface area contributed by atoms with Gasteiger partial charge in [0.1, 0.15) is 0 Å². The standard InChI is InChI=1S/C14H18BrN3/c1-4-16-11(3)13-6-5-12(15)7-14(13)18-9-10(2)8-17-18/h5-9,11,16H,4H2,1-3H3. The zero-order valence-electron chi connectivity index (χ0n) is 10.9. The first-order valence-electron chi connectivity index (χ1n) is 6.16. The Kier molecular flexibility index (Phi) is 4.19. The van der Waals surface area contributed by atoms with Gasteiger partial charge in [0.2, 0.25) is 0 Å². The number of halogens is 1. The lowest BCUT2D eigenvalue weighted by Gasteiger charge is -2.17.